The Morgan fingerprint density at radius 1 is 1.15 bits per heavy atom. The minimum atomic E-state index is -4.80. The predicted octanol–water partition coefficient (Wildman–Crippen LogP) is 2.78. The third-order valence-corrected chi connectivity index (χ3v) is 4.83. The maximum Gasteiger partial charge on any atom is 0.419 e. The number of piperazine rings is 1. The molecule has 0 spiro atoms. The lowest BCUT2D eigenvalue weighted by Gasteiger charge is -2.38. The van der Waals surface area contributed by atoms with Crippen molar-refractivity contribution in [2.75, 3.05) is 31.2 Å². The number of hydrogen-bond donors (Lipinski definition) is 1. The van der Waals surface area contributed by atoms with E-state index in [0.717, 1.165) is 19.2 Å². The van der Waals surface area contributed by atoms with Crippen LogP contribution in [0.1, 0.15) is 19.4 Å². The smallest absolute Gasteiger partial charge is 0.351 e. The summed E-state index contributed by atoms with van der Waals surface area (Å²) in [5.74, 6) is -0.603. The molecule has 0 aromatic heterocycles. The van der Waals surface area contributed by atoms with E-state index in [-0.39, 0.29) is 23.3 Å². The minimum absolute atomic E-state index is 0.110. The third-order valence-electron chi connectivity index (χ3n) is 4.83. The molecular formula is C17H18F4N6. The number of benzene rings is 1. The molecule has 1 unspecified atom stereocenters. The number of nitrogens with zero attached hydrogens (tertiary/aromatic N) is 5. The van der Waals surface area contributed by atoms with E-state index in [1.54, 1.807) is 6.92 Å². The van der Waals surface area contributed by atoms with Crippen molar-refractivity contribution in [3.05, 3.63) is 23.5 Å². The van der Waals surface area contributed by atoms with Crippen molar-refractivity contribution >= 4 is 28.8 Å². The van der Waals surface area contributed by atoms with E-state index in [2.05, 4.69) is 20.4 Å². The molecular weight excluding hydrogens is 364 g/mol. The number of halogens is 4. The van der Waals surface area contributed by atoms with E-state index in [1.807, 2.05) is 11.8 Å². The molecule has 6 nitrogen and oxygen atoms in total. The van der Waals surface area contributed by atoms with Crippen molar-refractivity contribution in [2.45, 2.75) is 26.1 Å². The van der Waals surface area contributed by atoms with Gasteiger partial charge in [-0.2, -0.15) is 18.3 Å². The first-order chi connectivity index (χ1) is 12.8. The monoisotopic (exact) mass is 382 g/mol. The molecule has 0 saturated carbocycles. The van der Waals surface area contributed by atoms with Gasteiger partial charge in [0.25, 0.3) is 0 Å². The molecule has 10 heteroatoms. The molecule has 1 N–H and O–H groups in total. The lowest BCUT2D eigenvalue weighted by atomic mass is 10.1. The maximum absolute atomic E-state index is 14.8. The first-order valence-electron chi connectivity index (χ1n) is 8.65. The highest BCUT2D eigenvalue weighted by Crippen LogP contribution is 2.43. The van der Waals surface area contributed by atoms with Gasteiger partial charge in [0.2, 0.25) is 0 Å². The van der Waals surface area contributed by atoms with Crippen molar-refractivity contribution in [1.82, 2.24) is 10.2 Å². The summed E-state index contributed by atoms with van der Waals surface area (Å²) in [6.07, 6.45) is -4.80. The quantitative estimate of drug-likeness (QED) is 0.702. The Hall–Kier alpha value is -2.49. The van der Waals surface area contributed by atoms with Gasteiger partial charge >= 0.3 is 6.18 Å². The largest absolute Gasteiger partial charge is 0.419 e. The normalized spacial score (nSPS) is 22.6. The highest BCUT2D eigenvalue weighted by molar-refractivity contribution is 6.47. The SMILES string of the molecule is CC1=NN2C(=NC1C)C(N1CCNCC1)=Nc1ccc(C(F)(F)F)c(F)c12. The standard InChI is InChI=1S/C17H18F4N6/c1-9-10(2)25-27-14-12(4-3-11(13(14)18)17(19,20)21)24-15(16(27)23-9)26-7-5-22-6-8-26/h3-4,9,22H,5-8H2,1-2H3. The van der Waals surface area contributed by atoms with E-state index in [0.29, 0.717) is 24.6 Å². The Kier molecular flexibility index (Phi) is 4.17. The summed E-state index contributed by atoms with van der Waals surface area (Å²) in [5.41, 5.74) is -0.955. The van der Waals surface area contributed by atoms with Crippen molar-refractivity contribution in [1.29, 1.82) is 0 Å². The van der Waals surface area contributed by atoms with Crippen molar-refractivity contribution in [2.24, 2.45) is 15.1 Å². The van der Waals surface area contributed by atoms with Gasteiger partial charge in [0.15, 0.2) is 17.5 Å². The van der Waals surface area contributed by atoms with Gasteiger partial charge in [-0.1, -0.05) is 0 Å². The number of nitrogens with one attached hydrogen (secondary N) is 1. The molecule has 1 saturated heterocycles. The number of hydrogen-bond acceptors (Lipinski definition) is 6. The number of rotatable bonds is 0. The van der Waals surface area contributed by atoms with Gasteiger partial charge in [-0.15, -0.1) is 0 Å². The van der Waals surface area contributed by atoms with Crippen LogP contribution in [0.4, 0.5) is 28.9 Å². The Bertz CT molecular complexity index is 867. The van der Waals surface area contributed by atoms with Crippen LogP contribution in [0.2, 0.25) is 0 Å². The van der Waals surface area contributed by atoms with Crippen LogP contribution in [-0.2, 0) is 6.18 Å². The summed E-state index contributed by atoms with van der Waals surface area (Å²) in [7, 11) is 0. The van der Waals surface area contributed by atoms with E-state index in [9.17, 15) is 17.6 Å². The molecule has 144 valence electrons. The van der Waals surface area contributed by atoms with Crippen LogP contribution in [0.3, 0.4) is 0 Å². The van der Waals surface area contributed by atoms with Crippen molar-refractivity contribution < 1.29 is 17.6 Å². The van der Waals surface area contributed by atoms with Crippen LogP contribution in [0, 0.1) is 5.82 Å². The molecule has 1 atom stereocenters. The second kappa shape index (κ2) is 6.29. The number of amidine groups is 2. The van der Waals surface area contributed by atoms with Crippen molar-refractivity contribution in [3.8, 4) is 0 Å². The van der Waals surface area contributed by atoms with Crippen LogP contribution in [0.25, 0.3) is 0 Å². The van der Waals surface area contributed by atoms with Crippen LogP contribution in [0.15, 0.2) is 27.2 Å². The summed E-state index contributed by atoms with van der Waals surface area (Å²) in [6.45, 7) is 6.38. The molecule has 27 heavy (non-hydrogen) atoms. The second-order valence-electron chi connectivity index (χ2n) is 6.65. The molecule has 0 amide bonds. The number of aliphatic imine (C=N–C) groups is 2. The minimum Gasteiger partial charge on any atom is -0.351 e. The van der Waals surface area contributed by atoms with Gasteiger partial charge in [-0.05, 0) is 26.0 Å². The van der Waals surface area contributed by atoms with Crippen LogP contribution in [-0.4, -0.2) is 54.5 Å². The summed E-state index contributed by atoms with van der Waals surface area (Å²) in [4.78, 5) is 11.0. The molecule has 0 aliphatic carbocycles. The number of fused-ring (bicyclic) bond motifs is 3. The Labute approximate surface area is 153 Å². The molecule has 1 aromatic rings. The number of hydrazone groups is 1. The molecule has 1 aromatic carbocycles. The van der Waals surface area contributed by atoms with Gasteiger partial charge in [0, 0.05) is 26.2 Å². The van der Waals surface area contributed by atoms with Gasteiger partial charge < -0.3 is 10.2 Å². The second-order valence-corrected chi connectivity index (χ2v) is 6.65. The zero-order valence-electron chi connectivity index (χ0n) is 14.8. The van der Waals surface area contributed by atoms with Crippen LogP contribution in [0.5, 0.6) is 0 Å². The predicted molar refractivity (Wildman–Crippen MR) is 95.4 cm³/mol. The lowest BCUT2D eigenvalue weighted by molar-refractivity contribution is -0.139. The first-order valence-corrected chi connectivity index (χ1v) is 8.65. The number of anilines is 1. The average Bonchev–Trinajstić information content (AvgIpc) is 2.62. The zero-order valence-corrected chi connectivity index (χ0v) is 14.8. The molecule has 1 fully saturated rings. The van der Waals surface area contributed by atoms with Gasteiger partial charge in [0.05, 0.1) is 23.0 Å². The molecule has 3 aliphatic heterocycles. The fourth-order valence-electron chi connectivity index (χ4n) is 3.25. The van der Waals surface area contributed by atoms with E-state index in [4.69, 9.17) is 0 Å². The molecule has 0 bridgehead atoms. The first kappa shape index (κ1) is 17.9. The van der Waals surface area contributed by atoms with Gasteiger partial charge in [0.1, 0.15) is 5.69 Å². The maximum atomic E-state index is 14.8. The van der Waals surface area contributed by atoms with E-state index < -0.39 is 17.6 Å². The summed E-state index contributed by atoms with van der Waals surface area (Å²) in [5, 5.41) is 8.74. The van der Waals surface area contributed by atoms with Gasteiger partial charge in [-0.25, -0.2) is 14.4 Å². The number of alkyl halides is 3. The molecule has 3 aliphatic rings. The van der Waals surface area contributed by atoms with E-state index >= 15 is 0 Å². The summed E-state index contributed by atoms with van der Waals surface area (Å²) in [6, 6.07) is 1.64. The Balaban J connectivity index is 1.91. The average molecular weight is 382 g/mol. The van der Waals surface area contributed by atoms with Gasteiger partial charge in [-0.3, -0.25) is 4.99 Å². The zero-order chi connectivity index (χ0) is 19.3. The van der Waals surface area contributed by atoms with Crippen LogP contribution >= 0.6 is 0 Å². The Morgan fingerprint density at radius 2 is 1.85 bits per heavy atom. The highest BCUT2D eigenvalue weighted by Gasteiger charge is 2.41. The topological polar surface area (TPSA) is 55.6 Å². The van der Waals surface area contributed by atoms with Crippen LogP contribution < -0.4 is 10.3 Å². The third kappa shape index (κ3) is 2.97. The molecule has 0 radical (unpaired) electrons. The van der Waals surface area contributed by atoms with E-state index in [1.165, 1.54) is 11.1 Å². The molecule has 3 heterocycles. The fourth-order valence-corrected chi connectivity index (χ4v) is 3.25. The Morgan fingerprint density at radius 3 is 2.52 bits per heavy atom. The lowest BCUT2D eigenvalue weighted by Crippen LogP contribution is -2.54. The summed E-state index contributed by atoms with van der Waals surface area (Å²) < 4.78 is 54.4. The summed E-state index contributed by atoms with van der Waals surface area (Å²) >= 11 is 0. The fraction of sp³-hybridized carbons (Fsp3) is 0.471. The highest BCUT2D eigenvalue weighted by atomic mass is 19.4. The molecule has 4 rings (SSSR count). The van der Waals surface area contributed by atoms with Crippen molar-refractivity contribution in [3.63, 3.8) is 0 Å².